The third kappa shape index (κ3) is 5.37. The highest BCUT2D eigenvalue weighted by molar-refractivity contribution is 5.90. The molecule has 0 amide bonds. The Labute approximate surface area is 127 Å². The molecule has 0 saturated heterocycles. The van der Waals surface area contributed by atoms with Crippen LogP contribution in [0.5, 0.6) is 0 Å². The number of aromatic nitrogens is 1. The van der Waals surface area contributed by atoms with Crippen molar-refractivity contribution in [2.45, 2.75) is 71.6 Å². The Bertz CT molecular complexity index is 463. The highest BCUT2D eigenvalue weighted by Crippen LogP contribution is 2.20. The number of aldehydes is 1. The third-order valence-corrected chi connectivity index (χ3v) is 4.02. The molecular weight excluding hydrogens is 266 g/mol. The van der Waals surface area contributed by atoms with Gasteiger partial charge >= 0.3 is 5.97 Å². The van der Waals surface area contributed by atoms with Crippen molar-refractivity contribution >= 4 is 12.3 Å². The number of nitrogens with one attached hydrogen (secondary N) is 1. The Balaban J connectivity index is 2.38. The lowest BCUT2D eigenvalue weighted by Crippen LogP contribution is -1.99. The van der Waals surface area contributed by atoms with Gasteiger partial charge in [0.15, 0.2) is 6.29 Å². The summed E-state index contributed by atoms with van der Waals surface area (Å²) < 4.78 is 0. The zero-order valence-electron chi connectivity index (χ0n) is 13.2. The van der Waals surface area contributed by atoms with Crippen LogP contribution in [0.3, 0.4) is 0 Å². The predicted molar refractivity (Wildman–Crippen MR) is 84.2 cm³/mol. The number of hydrogen-bond acceptors (Lipinski definition) is 2. The normalized spacial score (nSPS) is 10.8. The monoisotopic (exact) mass is 293 g/mol. The van der Waals surface area contributed by atoms with E-state index in [1.807, 2.05) is 0 Å². The van der Waals surface area contributed by atoms with E-state index < -0.39 is 5.97 Å². The lowest BCUT2D eigenvalue weighted by atomic mass is 10.0. The average molecular weight is 293 g/mol. The molecule has 1 heterocycles. The first-order valence-corrected chi connectivity index (χ1v) is 8.01. The predicted octanol–water partition coefficient (Wildman–Crippen LogP) is 4.52. The molecule has 2 N–H and O–H groups in total. The molecule has 0 radical (unpaired) electrons. The minimum atomic E-state index is -1.00. The maximum Gasteiger partial charge on any atom is 0.352 e. The quantitative estimate of drug-likeness (QED) is 0.465. The summed E-state index contributed by atoms with van der Waals surface area (Å²) in [5, 5.41) is 9.06. The first kappa shape index (κ1) is 17.5. The summed E-state index contributed by atoms with van der Waals surface area (Å²) in [6.07, 6.45) is 11.4. The number of rotatable bonds is 11. The van der Waals surface area contributed by atoms with Crippen LogP contribution in [0.2, 0.25) is 0 Å². The second kappa shape index (κ2) is 9.37. The van der Waals surface area contributed by atoms with E-state index in [4.69, 9.17) is 5.11 Å². The molecule has 0 bridgehead atoms. The van der Waals surface area contributed by atoms with Gasteiger partial charge in [-0.3, -0.25) is 4.79 Å². The molecule has 21 heavy (non-hydrogen) atoms. The second-order valence-corrected chi connectivity index (χ2v) is 5.67. The van der Waals surface area contributed by atoms with E-state index in [0.717, 1.165) is 31.1 Å². The number of unbranched alkanes of at least 4 members (excludes halogenated alkanes) is 7. The number of hydrogen-bond donors (Lipinski definition) is 2. The lowest BCUT2D eigenvalue weighted by Gasteiger charge is -2.03. The minimum Gasteiger partial charge on any atom is -0.477 e. The van der Waals surface area contributed by atoms with E-state index in [1.165, 1.54) is 38.5 Å². The van der Waals surface area contributed by atoms with Crippen LogP contribution >= 0.6 is 0 Å². The van der Waals surface area contributed by atoms with Crippen LogP contribution in [-0.2, 0) is 6.42 Å². The molecule has 4 heteroatoms. The number of aromatic amines is 1. The molecule has 0 aliphatic carbocycles. The Morgan fingerprint density at radius 2 is 1.67 bits per heavy atom. The van der Waals surface area contributed by atoms with Gasteiger partial charge in [-0.1, -0.05) is 51.9 Å². The Kier molecular flexibility index (Phi) is 7.80. The summed E-state index contributed by atoms with van der Waals surface area (Å²) in [7, 11) is 0. The van der Waals surface area contributed by atoms with Crippen molar-refractivity contribution in [3.63, 3.8) is 0 Å². The highest BCUT2D eigenvalue weighted by Gasteiger charge is 2.17. The molecule has 0 aliphatic rings. The van der Waals surface area contributed by atoms with Crippen LogP contribution in [0, 0.1) is 6.92 Å². The first-order chi connectivity index (χ1) is 10.1. The van der Waals surface area contributed by atoms with Gasteiger partial charge in [0.25, 0.3) is 0 Å². The van der Waals surface area contributed by atoms with Crippen molar-refractivity contribution < 1.29 is 14.7 Å². The first-order valence-electron chi connectivity index (χ1n) is 8.01. The van der Waals surface area contributed by atoms with Crippen molar-refractivity contribution in [2.24, 2.45) is 0 Å². The molecular formula is C17H27NO3. The smallest absolute Gasteiger partial charge is 0.352 e. The van der Waals surface area contributed by atoms with Gasteiger partial charge in [-0.2, -0.15) is 0 Å². The molecule has 0 unspecified atom stereocenters. The summed E-state index contributed by atoms with van der Waals surface area (Å²) in [5.74, 6) is -1.00. The Morgan fingerprint density at radius 3 is 2.19 bits per heavy atom. The van der Waals surface area contributed by atoms with E-state index >= 15 is 0 Å². The van der Waals surface area contributed by atoms with E-state index in [-0.39, 0.29) is 5.69 Å². The Hall–Kier alpha value is -1.58. The van der Waals surface area contributed by atoms with Gasteiger partial charge in [-0.15, -0.1) is 0 Å². The van der Waals surface area contributed by atoms with Gasteiger partial charge in [0, 0.05) is 0 Å². The van der Waals surface area contributed by atoms with E-state index in [1.54, 1.807) is 6.92 Å². The van der Waals surface area contributed by atoms with Gasteiger partial charge in [0.2, 0.25) is 0 Å². The van der Waals surface area contributed by atoms with Crippen LogP contribution in [0.4, 0.5) is 0 Å². The average Bonchev–Trinajstić information content (AvgIpc) is 2.78. The van der Waals surface area contributed by atoms with Gasteiger partial charge in [-0.25, -0.2) is 4.79 Å². The summed E-state index contributed by atoms with van der Waals surface area (Å²) in [6, 6.07) is 0. The van der Waals surface area contributed by atoms with Crippen LogP contribution < -0.4 is 0 Å². The minimum absolute atomic E-state index is 0.145. The molecule has 0 fully saturated rings. The zero-order valence-corrected chi connectivity index (χ0v) is 13.2. The maximum atomic E-state index is 11.1. The van der Waals surface area contributed by atoms with Crippen molar-refractivity contribution in [2.75, 3.05) is 0 Å². The Morgan fingerprint density at radius 1 is 1.10 bits per heavy atom. The molecule has 1 aromatic heterocycles. The maximum absolute atomic E-state index is 11.1. The molecule has 1 rings (SSSR count). The van der Waals surface area contributed by atoms with Gasteiger partial charge in [-0.05, 0) is 30.9 Å². The molecule has 0 saturated carbocycles. The summed E-state index contributed by atoms with van der Waals surface area (Å²) in [5.41, 5.74) is 2.14. The molecule has 0 spiro atoms. The number of carbonyl (C=O) groups excluding carboxylic acids is 1. The molecule has 118 valence electrons. The van der Waals surface area contributed by atoms with Gasteiger partial charge in [0.1, 0.15) is 5.69 Å². The van der Waals surface area contributed by atoms with E-state index in [2.05, 4.69) is 11.9 Å². The van der Waals surface area contributed by atoms with Crippen molar-refractivity contribution in [1.82, 2.24) is 4.98 Å². The van der Waals surface area contributed by atoms with Crippen molar-refractivity contribution in [3.05, 3.63) is 22.5 Å². The summed E-state index contributed by atoms with van der Waals surface area (Å²) >= 11 is 0. The number of aromatic carboxylic acids is 1. The number of carbonyl (C=O) groups is 2. The summed E-state index contributed by atoms with van der Waals surface area (Å²) in [6.45, 7) is 3.99. The fourth-order valence-electron chi connectivity index (χ4n) is 2.73. The van der Waals surface area contributed by atoms with Crippen LogP contribution in [0.25, 0.3) is 0 Å². The lowest BCUT2D eigenvalue weighted by molar-refractivity contribution is 0.0690. The topological polar surface area (TPSA) is 70.2 Å². The van der Waals surface area contributed by atoms with E-state index in [0.29, 0.717) is 11.3 Å². The number of H-pyrrole nitrogens is 1. The molecule has 0 atom stereocenters. The van der Waals surface area contributed by atoms with Crippen molar-refractivity contribution in [1.29, 1.82) is 0 Å². The third-order valence-electron chi connectivity index (χ3n) is 4.02. The van der Waals surface area contributed by atoms with Gasteiger partial charge in [0.05, 0.1) is 5.69 Å². The largest absolute Gasteiger partial charge is 0.477 e. The zero-order chi connectivity index (χ0) is 15.7. The van der Waals surface area contributed by atoms with E-state index in [9.17, 15) is 9.59 Å². The number of carboxylic acid groups (broad SMARTS) is 1. The second-order valence-electron chi connectivity index (χ2n) is 5.67. The van der Waals surface area contributed by atoms with Crippen LogP contribution in [-0.4, -0.2) is 22.3 Å². The van der Waals surface area contributed by atoms with Crippen LogP contribution in [0.1, 0.15) is 90.4 Å². The fourth-order valence-corrected chi connectivity index (χ4v) is 2.73. The SMILES string of the molecule is CCCCCCCCCCc1c(C=O)[nH]c(C(=O)O)c1C. The molecule has 0 aliphatic heterocycles. The highest BCUT2D eigenvalue weighted by atomic mass is 16.4. The number of carboxylic acids is 1. The molecule has 1 aromatic rings. The standard InChI is InChI=1S/C17H27NO3/c1-3-4-5-6-7-8-9-10-11-14-13(2)16(17(20)21)18-15(14)12-19/h12,18H,3-11H2,1-2H3,(H,20,21). The van der Waals surface area contributed by atoms with Crippen LogP contribution in [0.15, 0.2) is 0 Å². The summed E-state index contributed by atoms with van der Waals surface area (Å²) in [4.78, 5) is 24.8. The van der Waals surface area contributed by atoms with Gasteiger partial charge < -0.3 is 10.1 Å². The molecule has 0 aromatic carbocycles. The fraction of sp³-hybridized carbons (Fsp3) is 0.647. The molecule has 4 nitrogen and oxygen atoms in total. The van der Waals surface area contributed by atoms with Crippen molar-refractivity contribution in [3.8, 4) is 0 Å².